The molecule has 0 bridgehead atoms. The Morgan fingerprint density at radius 3 is 1.89 bits per heavy atom. The minimum Gasteiger partial charge on any atom is -0.418 e. The fourth-order valence-corrected chi connectivity index (χ4v) is 5.23. The molecule has 1 aromatic heterocycles. The average Bonchev–Trinajstić information content (AvgIpc) is 3.04. The molecular formula is C17H35BF4N2O3Si. The van der Waals surface area contributed by atoms with Gasteiger partial charge in [-0.2, -0.15) is 0 Å². The van der Waals surface area contributed by atoms with Gasteiger partial charge in [0.25, 0.3) is 0 Å². The van der Waals surface area contributed by atoms with E-state index in [1.54, 1.807) is 0 Å². The van der Waals surface area contributed by atoms with Crippen LogP contribution in [-0.4, -0.2) is 40.4 Å². The van der Waals surface area contributed by atoms with Crippen molar-refractivity contribution < 1.29 is 35.1 Å². The van der Waals surface area contributed by atoms with E-state index in [-0.39, 0.29) is 0 Å². The number of rotatable bonds is 14. The first-order valence-corrected chi connectivity index (χ1v) is 12.0. The van der Waals surface area contributed by atoms with E-state index in [9.17, 15) is 17.3 Å². The highest BCUT2D eigenvalue weighted by molar-refractivity contribution is 6.60. The van der Waals surface area contributed by atoms with Crippen LogP contribution in [0, 0.1) is 0 Å². The summed E-state index contributed by atoms with van der Waals surface area (Å²) in [6.07, 6.45) is 11.6. The van der Waals surface area contributed by atoms with E-state index < -0.39 is 16.1 Å². The Labute approximate surface area is 167 Å². The minimum atomic E-state index is -6.00. The fraction of sp³-hybridized carbons (Fsp3) is 0.824. The number of hydrogen-bond donors (Lipinski definition) is 0. The first-order valence-electron chi connectivity index (χ1n) is 10.0. The normalized spacial score (nSPS) is 12.0. The Morgan fingerprint density at radius 2 is 1.43 bits per heavy atom. The van der Waals surface area contributed by atoms with Crippen molar-refractivity contribution in [1.82, 2.24) is 4.57 Å². The number of aromatic nitrogens is 2. The maximum Gasteiger partial charge on any atom is 0.673 e. The molecule has 0 aliphatic carbocycles. The summed E-state index contributed by atoms with van der Waals surface area (Å²) >= 11 is 0. The summed E-state index contributed by atoms with van der Waals surface area (Å²) in [6.45, 7) is 12.1. The second-order valence-corrected chi connectivity index (χ2v) is 8.91. The van der Waals surface area contributed by atoms with Gasteiger partial charge < -0.3 is 30.5 Å². The zero-order chi connectivity index (χ0) is 21.5. The Hall–Kier alpha value is -0.908. The number of hydrogen-bond acceptors (Lipinski definition) is 3. The zero-order valence-electron chi connectivity index (χ0n) is 17.5. The van der Waals surface area contributed by atoms with Gasteiger partial charge in [-0.1, -0.05) is 19.8 Å². The second kappa shape index (κ2) is 15.0. The van der Waals surface area contributed by atoms with Gasteiger partial charge in [0, 0.05) is 19.8 Å². The number of imidazole rings is 1. The van der Waals surface area contributed by atoms with E-state index in [4.69, 9.17) is 13.3 Å². The van der Waals surface area contributed by atoms with Crippen LogP contribution >= 0.6 is 0 Å². The molecule has 0 saturated heterocycles. The van der Waals surface area contributed by atoms with Crippen LogP contribution in [0.5, 0.6) is 0 Å². The molecule has 0 aliphatic heterocycles. The van der Waals surface area contributed by atoms with Gasteiger partial charge in [-0.3, -0.25) is 0 Å². The van der Waals surface area contributed by atoms with Crippen molar-refractivity contribution in [2.45, 2.75) is 72.5 Å². The van der Waals surface area contributed by atoms with Gasteiger partial charge in [0.05, 0.1) is 19.1 Å². The van der Waals surface area contributed by atoms with Gasteiger partial charge in [0.15, 0.2) is 0 Å². The van der Waals surface area contributed by atoms with Gasteiger partial charge in [-0.15, -0.1) is 0 Å². The third-order valence-corrected chi connectivity index (χ3v) is 6.81. The van der Waals surface area contributed by atoms with Crippen LogP contribution in [0.15, 0.2) is 18.7 Å². The molecule has 0 spiro atoms. The lowest BCUT2D eigenvalue weighted by Crippen LogP contribution is -2.46. The van der Waals surface area contributed by atoms with Crippen molar-refractivity contribution in [3.8, 4) is 0 Å². The van der Waals surface area contributed by atoms with Crippen molar-refractivity contribution in [1.29, 1.82) is 0 Å². The average molecular weight is 430 g/mol. The Balaban J connectivity index is 0.00000129. The molecule has 0 saturated carbocycles. The van der Waals surface area contributed by atoms with Crippen molar-refractivity contribution >= 4 is 16.1 Å². The molecule has 5 nitrogen and oxygen atoms in total. The van der Waals surface area contributed by atoms with E-state index >= 15 is 0 Å². The van der Waals surface area contributed by atoms with Crippen molar-refractivity contribution in [3.05, 3.63) is 18.7 Å². The molecule has 0 aliphatic rings. The van der Waals surface area contributed by atoms with Crippen molar-refractivity contribution in [2.75, 3.05) is 19.8 Å². The molecule has 0 radical (unpaired) electrons. The van der Waals surface area contributed by atoms with Gasteiger partial charge in [0.1, 0.15) is 12.4 Å². The minimum absolute atomic E-state index is 0.634. The lowest BCUT2D eigenvalue weighted by Gasteiger charge is -2.27. The van der Waals surface area contributed by atoms with Crippen LogP contribution in [0.1, 0.15) is 53.4 Å². The number of unbranched alkanes of at least 4 members (excludes halogenated alkanes) is 3. The van der Waals surface area contributed by atoms with Gasteiger partial charge in [-0.05, 0) is 33.6 Å². The van der Waals surface area contributed by atoms with E-state index in [0.717, 1.165) is 19.1 Å². The topological polar surface area (TPSA) is 36.5 Å². The van der Waals surface area contributed by atoms with Gasteiger partial charge in [0.2, 0.25) is 6.33 Å². The molecule has 1 aromatic rings. The summed E-state index contributed by atoms with van der Waals surface area (Å²) in [5.74, 6) is 0. The fourth-order valence-electron chi connectivity index (χ4n) is 2.69. The Morgan fingerprint density at radius 1 is 0.893 bits per heavy atom. The maximum absolute atomic E-state index is 9.75. The van der Waals surface area contributed by atoms with Crippen LogP contribution < -0.4 is 4.57 Å². The summed E-state index contributed by atoms with van der Waals surface area (Å²) in [5, 5.41) is 0. The third kappa shape index (κ3) is 14.1. The number of halogens is 4. The summed E-state index contributed by atoms with van der Waals surface area (Å²) in [4.78, 5) is 0. The van der Waals surface area contributed by atoms with Crippen LogP contribution in [0.3, 0.4) is 0 Å². The lowest BCUT2D eigenvalue weighted by molar-refractivity contribution is -0.696. The van der Waals surface area contributed by atoms with Gasteiger partial charge in [-0.25, -0.2) is 9.13 Å². The van der Waals surface area contributed by atoms with E-state index in [2.05, 4.69) is 34.8 Å². The van der Waals surface area contributed by atoms with E-state index in [1.165, 1.54) is 25.7 Å². The Bertz CT molecular complexity index is 484. The molecule has 166 valence electrons. The summed E-state index contributed by atoms with van der Waals surface area (Å²) < 4.78 is 61.2. The molecule has 0 aromatic carbocycles. The largest absolute Gasteiger partial charge is 0.673 e. The SMILES string of the molecule is CCCCCC[n+]1ccn(CC[Si](OCC)(OCC)OCC)c1.F[B-](F)(F)F. The molecular weight excluding hydrogens is 395 g/mol. The highest BCUT2D eigenvalue weighted by Crippen LogP contribution is 2.17. The third-order valence-electron chi connectivity index (χ3n) is 3.79. The molecule has 0 N–H and O–H groups in total. The van der Waals surface area contributed by atoms with E-state index in [1.807, 2.05) is 20.8 Å². The molecule has 11 heteroatoms. The number of aryl methyl sites for hydroxylation is 2. The summed E-state index contributed by atoms with van der Waals surface area (Å²) in [7, 11) is -8.54. The molecule has 1 heterocycles. The van der Waals surface area contributed by atoms with E-state index in [0.29, 0.717) is 19.8 Å². The molecule has 0 amide bonds. The predicted molar refractivity (Wildman–Crippen MR) is 104 cm³/mol. The molecule has 0 fully saturated rings. The standard InChI is InChI=1S/C17H35N2O3Si.BF4/c1-5-9-10-11-12-18-13-14-19(17-18)15-16-23(20-6-2,21-7-3)22-8-4;2-1(3,4)5/h13-14,17H,5-12,15-16H2,1-4H3;/q+1;-1. The monoisotopic (exact) mass is 430 g/mol. The second-order valence-electron chi connectivity index (χ2n) is 6.18. The van der Waals surface area contributed by atoms with Crippen molar-refractivity contribution in [2.24, 2.45) is 0 Å². The Kier molecular flexibility index (Phi) is 14.5. The quantitative estimate of drug-likeness (QED) is 0.186. The zero-order valence-corrected chi connectivity index (χ0v) is 18.5. The van der Waals surface area contributed by atoms with Crippen LogP contribution in [-0.2, 0) is 26.4 Å². The smallest absolute Gasteiger partial charge is 0.418 e. The maximum atomic E-state index is 9.75. The first-order chi connectivity index (χ1) is 13.2. The van der Waals surface area contributed by atoms with Crippen LogP contribution in [0.25, 0.3) is 0 Å². The van der Waals surface area contributed by atoms with Crippen molar-refractivity contribution in [3.63, 3.8) is 0 Å². The van der Waals surface area contributed by atoms with Gasteiger partial charge >= 0.3 is 16.1 Å². The molecule has 28 heavy (non-hydrogen) atoms. The lowest BCUT2D eigenvalue weighted by atomic mass is 10.2. The molecule has 0 atom stereocenters. The predicted octanol–water partition coefficient (Wildman–Crippen LogP) is 4.70. The molecule has 1 rings (SSSR count). The highest BCUT2D eigenvalue weighted by atomic mass is 28.4. The molecule has 0 unspecified atom stereocenters. The number of nitrogens with zero attached hydrogens (tertiary/aromatic N) is 2. The summed E-state index contributed by atoms with van der Waals surface area (Å²) in [6, 6.07) is 0.813. The van der Waals surface area contributed by atoms with Crippen LogP contribution in [0.2, 0.25) is 6.04 Å². The first kappa shape index (κ1) is 27.1. The van der Waals surface area contributed by atoms with Crippen LogP contribution in [0.4, 0.5) is 17.3 Å². The summed E-state index contributed by atoms with van der Waals surface area (Å²) in [5.41, 5.74) is 0. The highest BCUT2D eigenvalue weighted by Gasteiger charge is 2.40.